The van der Waals surface area contributed by atoms with Gasteiger partial charge in [-0.2, -0.15) is 4.68 Å². The van der Waals surface area contributed by atoms with E-state index in [1.807, 2.05) is 48.5 Å². The summed E-state index contributed by atoms with van der Waals surface area (Å²) in [5.74, 6) is 0.680. The molecular weight excluding hydrogens is 328 g/mol. The summed E-state index contributed by atoms with van der Waals surface area (Å²) >= 11 is 9.46. The Morgan fingerprint density at radius 1 is 1.05 bits per heavy atom. The molecule has 2 aromatic carbocycles. The highest BCUT2D eigenvalue weighted by Gasteiger charge is 2.11. The Labute approximate surface area is 123 Å². The summed E-state index contributed by atoms with van der Waals surface area (Å²) in [5.41, 5.74) is 1.77. The van der Waals surface area contributed by atoms with E-state index in [0.717, 1.165) is 15.7 Å². The number of nitrogens with zero attached hydrogens (tertiary/aromatic N) is 4. The molecule has 1 aromatic heterocycles. The minimum absolute atomic E-state index is 0.618. The molecule has 0 aliphatic rings. The molecule has 3 rings (SSSR count). The van der Waals surface area contributed by atoms with Gasteiger partial charge in [0.2, 0.25) is 0 Å². The van der Waals surface area contributed by atoms with Gasteiger partial charge in [-0.15, -0.1) is 5.10 Å². The molecule has 0 N–H and O–H groups in total. The fourth-order valence-corrected chi connectivity index (χ4v) is 2.17. The van der Waals surface area contributed by atoms with Gasteiger partial charge in [0.05, 0.1) is 10.7 Å². The lowest BCUT2D eigenvalue weighted by atomic mass is 10.2. The van der Waals surface area contributed by atoms with Crippen LogP contribution in [0.1, 0.15) is 0 Å². The highest BCUT2D eigenvalue weighted by Crippen LogP contribution is 2.26. The van der Waals surface area contributed by atoms with Gasteiger partial charge in [-0.3, -0.25) is 0 Å². The van der Waals surface area contributed by atoms with Crippen molar-refractivity contribution in [2.75, 3.05) is 0 Å². The third kappa shape index (κ3) is 2.39. The Morgan fingerprint density at radius 3 is 2.58 bits per heavy atom. The first kappa shape index (κ1) is 12.3. The summed E-state index contributed by atoms with van der Waals surface area (Å²) in [5, 5.41) is 12.4. The van der Waals surface area contributed by atoms with Gasteiger partial charge < -0.3 is 0 Å². The number of aromatic nitrogens is 4. The molecular formula is C13H8BrClN4. The molecule has 0 aliphatic carbocycles. The molecule has 0 amide bonds. The van der Waals surface area contributed by atoms with Crippen molar-refractivity contribution in [3.8, 4) is 17.1 Å². The third-order valence-electron chi connectivity index (χ3n) is 2.65. The van der Waals surface area contributed by atoms with Gasteiger partial charge in [0.25, 0.3) is 0 Å². The lowest BCUT2D eigenvalue weighted by Crippen LogP contribution is -1.99. The van der Waals surface area contributed by atoms with Crippen LogP contribution >= 0.6 is 27.5 Å². The van der Waals surface area contributed by atoms with Crippen LogP contribution in [-0.2, 0) is 0 Å². The molecule has 0 bridgehead atoms. The van der Waals surface area contributed by atoms with Crippen LogP contribution in [0, 0.1) is 0 Å². The van der Waals surface area contributed by atoms with Gasteiger partial charge in [0, 0.05) is 10.0 Å². The molecule has 0 aliphatic heterocycles. The molecule has 0 saturated heterocycles. The summed E-state index contributed by atoms with van der Waals surface area (Å²) in [4.78, 5) is 0. The first-order valence-electron chi connectivity index (χ1n) is 5.55. The first-order valence-corrected chi connectivity index (χ1v) is 6.72. The zero-order valence-electron chi connectivity index (χ0n) is 9.66. The van der Waals surface area contributed by atoms with Gasteiger partial charge in [-0.05, 0) is 44.6 Å². The molecule has 3 aromatic rings. The Morgan fingerprint density at radius 2 is 1.84 bits per heavy atom. The average Bonchev–Trinajstić information content (AvgIpc) is 2.92. The van der Waals surface area contributed by atoms with Crippen LogP contribution in [0.5, 0.6) is 0 Å². The van der Waals surface area contributed by atoms with Crippen LogP contribution in [0.25, 0.3) is 17.1 Å². The largest absolute Gasteiger partial charge is 0.193 e. The first-order chi connectivity index (χ1) is 9.25. The monoisotopic (exact) mass is 334 g/mol. The maximum Gasteiger partial charge on any atom is 0.187 e. The molecule has 6 heteroatoms. The van der Waals surface area contributed by atoms with E-state index in [4.69, 9.17) is 11.6 Å². The normalized spacial score (nSPS) is 10.6. The summed E-state index contributed by atoms with van der Waals surface area (Å²) in [7, 11) is 0. The predicted molar refractivity (Wildman–Crippen MR) is 77.3 cm³/mol. The van der Waals surface area contributed by atoms with Gasteiger partial charge in [-0.1, -0.05) is 41.9 Å². The van der Waals surface area contributed by atoms with E-state index in [0.29, 0.717) is 10.8 Å². The maximum atomic E-state index is 6.10. The molecule has 94 valence electrons. The highest BCUT2D eigenvalue weighted by atomic mass is 79.9. The van der Waals surface area contributed by atoms with Crippen LogP contribution in [0.4, 0.5) is 0 Å². The summed E-state index contributed by atoms with van der Waals surface area (Å²) in [6.07, 6.45) is 0. The van der Waals surface area contributed by atoms with Crippen molar-refractivity contribution < 1.29 is 0 Å². The van der Waals surface area contributed by atoms with Crippen molar-refractivity contribution in [2.45, 2.75) is 0 Å². The molecule has 0 radical (unpaired) electrons. The van der Waals surface area contributed by atoms with E-state index in [2.05, 4.69) is 31.5 Å². The molecule has 0 fully saturated rings. The quantitative estimate of drug-likeness (QED) is 0.716. The fourth-order valence-electron chi connectivity index (χ4n) is 1.75. The number of halogens is 2. The Bertz CT molecular complexity index is 712. The van der Waals surface area contributed by atoms with Crippen molar-refractivity contribution in [2.24, 2.45) is 0 Å². The van der Waals surface area contributed by atoms with Crippen LogP contribution in [-0.4, -0.2) is 20.2 Å². The SMILES string of the molecule is Clc1cc(-n2nnnc2-c2ccccc2)ccc1Br. The summed E-state index contributed by atoms with van der Waals surface area (Å²) in [6.45, 7) is 0. The number of hydrogen-bond donors (Lipinski definition) is 0. The average molecular weight is 336 g/mol. The van der Waals surface area contributed by atoms with Crippen molar-refractivity contribution in [3.63, 3.8) is 0 Å². The lowest BCUT2D eigenvalue weighted by Gasteiger charge is -2.05. The molecule has 0 unspecified atom stereocenters. The van der Waals surface area contributed by atoms with E-state index in [-0.39, 0.29) is 0 Å². The molecule has 0 saturated carbocycles. The van der Waals surface area contributed by atoms with Crippen molar-refractivity contribution >= 4 is 27.5 Å². The molecule has 19 heavy (non-hydrogen) atoms. The third-order valence-corrected chi connectivity index (χ3v) is 3.88. The lowest BCUT2D eigenvalue weighted by molar-refractivity contribution is 0.791. The molecule has 0 atom stereocenters. The van der Waals surface area contributed by atoms with Crippen molar-refractivity contribution in [1.82, 2.24) is 20.2 Å². The van der Waals surface area contributed by atoms with Crippen LogP contribution < -0.4 is 0 Å². The van der Waals surface area contributed by atoms with Crippen LogP contribution in [0.15, 0.2) is 53.0 Å². The zero-order valence-corrected chi connectivity index (χ0v) is 12.0. The summed E-state index contributed by atoms with van der Waals surface area (Å²) in [6, 6.07) is 15.4. The Kier molecular flexibility index (Phi) is 3.31. The second kappa shape index (κ2) is 5.11. The van der Waals surface area contributed by atoms with Gasteiger partial charge >= 0.3 is 0 Å². The van der Waals surface area contributed by atoms with E-state index in [9.17, 15) is 0 Å². The predicted octanol–water partition coefficient (Wildman–Crippen LogP) is 3.75. The van der Waals surface area contributed by atoms with Gasteiger partial charge in [0.15, 0.2) is 5.82 Å². The molecule has 4 nitrogen and oxygen atoms in total. The van der Waals surface area contributed by atoms with Gasteiger partial charge in [0.1, 0.15) is 0 Å². The topological polar surface area (TPSA) is 43.6 Å². The van der Waals surface area contributed by atoms with E-state index in [1.54, 1.807) is 4.68 Å². The standard InChI is InChI=1S/C13H8BrClN4/c14-11-7-6-10(8-12(11)15)19-13(16-17-18-19)9-4-2-1-3-5-9/h1-8H. The minimum atomic E-state index is 0.618. The van der Waals surface area contributed by atoms with E-state index >= 15 is 0 Å². The molecule has 0 spiro atoms. The van der Waals surface area contributed by atoms with E-state index < -0.39 is 0 Å². The highest BCUT2D eigenvalue weighted by molar-refractivity contribution is 9.10. The number of rotatable bonds is 2. The maximum absolute atomic E-state index is 6.10. The van der Waals surface area contributed by atoms with Crippen molar-refractivity contribution in [3.05, 3.63) is 58.0 Å². The van der Waals surface area contributed by atoms with Crippen LogP contribution in [0.3, 0.4) is 0 Å². The number of benzene rings is 2. The molecule has 1 heterocycles. The van der Waals surface area contributed by atoms with Gasteiger partial charge in [-0.25, -0.2) is 0 Å². The Hall–Kier alpha value is -1.72. The summed E-state index contributed by atoms with van der Waals surface area (Å²) < 4.78 is 2.50. The fraction of sp³-hybridized carbons (Fsp3) is 0. The minimum Gasteiger partial charge on any atom is -0.193 e. The van der Waals surface area contributed by atoms with E-state index in [1.165, 1.54) is 0 Å². The smallest absolute Gasteiger partial charge is 0.187 e. The Balaban J connectivity index is 2.12. The number of tetrazole rings is 1. The van der Waals surface area contributed by atoms with Crippen molar-refractivity contribution in [1.29, 1.82) is 0 Å². The second-order valence-electron chi connectivity index (χ2n) is 3.88. The van der Waals surface area contributed by atoms with Crippen LogP contribution in [0.2, 0.25) is 5.02 Å². The second-order valence-corrected chi connectivity index (χ2v) is 5.14. The zero-order chi connectivity index (χ0) is 13.2. The number of hydrogen-bond acceptors (Lipinski definition) is 3.